The molecule has 1 amide bonds. The summed E-state index contributed by atoms with van der Waals surface area (Å²) in [6, 6.07) is 26.1. The summed E-state index contributed by atoms with van der Waals surface area (Å²) in [5, 5.41) is 12.4. The molecule has 0 atom stereocenters. The molecule has 0 aliphatic carbocycles. The Hall–Kier alpha value is -3.93. The van der Waals surface area contributed by atoms with Gasteiger partial charge in [-0.25, -0.2) is 0 Å². The fourth-order valence-electron chi connectivity index (χ4n) is 3.62. The Bertz CT molecular complexity index is 1300. The third-order valence-electron chi connectivity index (χ3n) is 5.01. The van der Waals surface area contributed by atoms with Gasteiger partial charge in [-0.15, -0.1) is 10.2 Å². The molecule has 1 N–H and O–H groups in total. The predicted molar refractivity (Wildman–Crippen MR) is 112 cm³/mol. The van der Waals surface area contributed by atoms with Crippen LogP contribution in [0.4, 0.5) is 0 Å². The Morgan fingerprint density at radius 2 is 1.69 bits per heavy atom. The number of carbonyl (C=O) groups is 1. The highest BCUT2D eigenvalue weighted by Gasteiger charge is 2.14. The first-order chi connectivity index (χ1) is 14.3. The van der Waals surface area contributed by atoms with Gasteiger partial charge in [0.15, 0.2) is 11.5 Å². The zero-order chi connectivity index (χ0) is 19.6. The molecule has 142 valence electrons. The summed E-state index contributed by atoms with van der Waals surface area (Å²) in [6.07, 6.45) is 1.89. The summed E-state index contributed by atoms with van der Waals surface area (Å²) >= 11 is 0. The molecule has 6 nitrogen and oxygen atoms in total. The van der Waals surface area contributed by atoms with Gasteiger partial charge in [0.2, 0.25) is 5.91 Å². The second-order valence-corrected chi connectivity index (χ2v) is 6.86. The normalized spacial score (nSPS) is 11.2. The molecule has 0 bridgehead atoms. The van der Waals surface area contributed by atoms with Crippen molar-refractivity contribution in [2.45, 2.75) is 13.1 Å². The molecular formula is C23H19N5O. The Morgan fingerprint density at radius 1 is 0.897 bits per heavy atom. The Labute approximate surface area is 167 Å². The maximum Gasteiger partial charge on any atom is 0.240 e. The number of benzene rings is 2. The molecule has 0 saturated heterocycles. The van der Waals surface area contributed by atoms with E-state index in [0.717, 1.165) is 27.8 Å². The van der Waals surface area contributed by atoms with E-state index in [2.05, 4.69) is 44.3 Å². The first-order valence-electron chi connectivity index (χ1n) is 9.48. The number of aromatic nitrogens is 4. The number of carbonyl (C=O) groups excluding carboxylic acids is 1. The molecule has 6 heteroatoms. The van der Waals surface area contributed by atoms with Gasteiger partial charge in [0.05, 0.1) is 6.54 Å². The van der Waals surface area contributed by atoms with Crippen molar-refractivity contribution < 1.29 is 4.79 Å². The number of amides is 1. The van der Waals surface area contributed by atoms with Gasteiger partial charge < -0.3 is 9.88 Å². The van der Waals surface area contributed by atoms with Crippen LogP contribution in [0.2, 0.25) is 0 Å². The second-order valence-electron chi connectivity index (χ2n) is 6.86. The zero-order valence-electron chi connectivity index (χ0n) is 15.7. The van der Waals surface area contributed by atoms with Gasteiger partial charge in [-0.1, -0.05) is 54.6 Å². The second kappa shape index (κ2) is 7.24. The SMILES string of the molecule is O=C(Cn1c(-c2ccccc2)cc2ccccc21)NCc1nnc2ccccn12. The number of hydrogen-bond donors (Lipinski definition) is 1. The Balaban J connectivity index is 1.41. The van der Waals surface area contributed by atoms with Crippen LogP contribution in [0.1, 0.15) is 5.82 Å². The van der Waals surface area contributed by atoms with Gasteiger partial charge >= 0.3 is 0 Å². The number of para-hydroxylation sites is 1. The van der Waals surface area contributed by atoms with E-state index in [-0.39, 0.29) is 12.5 Å². The largest absolute Gasteiger partial charge is 0.347 e. The minimum atomic E-state index is -0.0729. The minimum absolute atomic E-state index is 0.0729. The fraction of sp³-hybridized carbons (Fsp3) is 0.0870. The van der Waals surface area contributed by atoms with E-state index in [1.165, 1.54) is 0 Å². The molecule has 2 aromatic carbocycles. The van der Waals surface area contributed by atoms with Crippen molar-refractivity contribution in [1.29, 1.82) is 0 Å². The molecule has 29 heavy (non-hydrogen) atoms. The van der Waals surface area contributed by atoms with Crippen molar-refractivity contribution in [3.63, 3.8) is 0 Å². The van der Waals surface area contributed by atoms with E-state index < -0.39 is 0 Å². The lowest BCUT2D eigenvalue weighted by Gasteiger charge is -2.11. The Kier molecular flexibility index (Phi) is 4.29. The Morgan fingerprint density at radius 3 is 2.59 bits per heavy atom. The highest BCUT2D eigenvalue weighted by molar-refractivity contribution is 5.89. The van der Waals surface area contributed by atoms with Crippen LogP contribution in [0, 0.1) is 0 Å². The average molecular weight is 381 g/mol. The number of rotatable bonds is 5. The van der Waals surface area contributed by atoms with Crippen LogP contribution in [0.3, 0.4) is 0 Å². The lowest BCUT2D eigenvalue weighted by Crippen LogP contribution is -2.28. The van der Waals surface area contributed by atoms with E-state index in [0.29, 0.717) is 12.4 Å². The number of fused-ring (bicyclic) bond motifs is 2. The summed E-state index contributed by atoms with van der Waals surface area (Å²) in [6.45, 7) is 0.554. The van der Waals surface area contributed by atoms with Crippen molar-refractivity contribution in [2.24, 2.45) is 0 Å². The molecule has 0 radical (unpaired) electrons. The van der Waals surface area contributed by atoms with E-state index in [1.807, 2.05) is 65.2 Å². The molecule has 0 spiro atoms. The number of hydrogen-bond acceptors (Lipinski definition) is 3. The van der Waals surface area contributed by atoms with E-state index >= 15 is 0 Å². The van der Waals surface area contributed by atoms with Crippen molar-refractivity contribution in [3.05, 3.63) is 90.9 Å². The topological polar surface area (TPSA) is 64.2 Å². The van der Waals surface area contributed by atoms with Gasteiger partial charge in [-0.3, -0.25) is 9.20 Å². The summed E-state index contributed by atoms with van der Waals surface area (Å²) in [5.74, 6) is 0.630. The maximum absolute atomic E-state index is 12.8. The fourth-order valence-corrected chi connectivity index (χ4v) is 3.62. The van der Waals surface area contributed by atoms with Crippen LogP contribution in [-0.4, -0.2) is 25.1 Å². The lowest BCUT2D eigenvalue weighted by atomic mass is 10.1. The maximum atomic E-state index is 12.8. The van der Waals surface area contributed by atoms with Crippen LogP contribution >= 0.6 is 0 Å². The number of nitrogens with one attached hydrogen (secondary N) is 1. The smallest absolute Gasteiger partial charge is 0.240 e. The van der Waals surface area contributed by atoms with E-state index in [9.17, 15) is 4.79 Å². The molecule has 5 aromatic rings. The van der Waals surface area contributed by atoms with Gasteiger partial charge in [0, 0.05) is 22.8 Å². The monoisotopic (exact) mass is 381 g/mol. The summed E-state index contributed by atoms with van der Waals surface area (Å²) in [5.41, 5.74) is 3.91. The van der Waals surface area contributed by atoms with Gasteiger partial charge in [0.1, 0.15) is 6.54 Å². The highest BCUT2D eigenvalue weighted by atomic mass is 16.1. The molecular weight excluding hydrogens is 362 g/mol. The van der Waals surface area contributed by atoms with Gasteiger partial charge in [-0.2, -0.15) is 0 Å². The molecule has 5 rings (SSSR count). The molecule has 0 saturated carbocycles. The third-order valence-corrected chi connectivity index (χ3v) is 5.01. The van der Waals surface area contributed by atoms with Crippen molar-refractivity contribution >= 4 is 22.5 Å². The molecule has 3 aromatic heterocycles. The van der Waals surface area contributed by atoms with Crippen LogP contribution in [0.15, 0.2) is 85.1 Å². The van der Waals surface area contributed by atoms with Crippen molar-refractivity contribution in [2.75, 3.05) is 0 Å². The summed E-state index contributed by atoms with van der Waals surface area (Å²) < 4.78 is 3.93. The van der Waals surface area contributed by atoms with Gasteiger partial charge in [-0.05, 0) is 29.8 Å². The minimum Gasteiger partial charge on any atom is -0.347 e. The number of pyridine rings is 1. The van der Waals surface area contributed by atoms with E-state index in [4.69, 9.17) is 0 Å². The standard InChI is InChI=1S/C23H19N5O/c29-23(24-15-22-26-25-21-12-6-7-13-27(21)22)16-28-19-11-5-4-10-18(19)14-20(28)17-8-2-1-3-9-17/h1-14H,15-16H2,(H,24,29). The quantitative estimate of drug-likeness (QED) is 0.505. The van der Waals surface area contributed by atoms with Crippen LogP contribution < -0.4 is 5.32 Å². The predicted octanol–water partition coefficient (Wildman–Crippen LogP) is 3.67. The van der Waals surface area contributed by atoms with Gasteiger partial charge in [0.25, 0.3) is 0 Å². The third kappa shape index (κ3) is 3.25. The average Bonchev–Trinajstić information content (AvgIpc) is 3.35. The summed E-state index contributed by atoms with van der Waals surface area (Å²) in [7, 11) is 0. The van der Waals surface area contributed by atoms with Crippen molar-refractivity contribution in [1.82, 2.24) is 24.5 Å². The first kappa shape index (κ1) is 17.2. The summed E-state index contributed by atoms with van der Waals surface area (Å²) in [4.78, 5) is 12.8. The van der Waals surface area contributed by atoms with Crippen molar-refractivity contribution in [3.8, 4) is 11.3 Å². The highest BCUT2D eigenvalue weighted by Crippen LogP contribution is 2.28. The molecule has 3 heterocycles. The molecule has 0 aliphatic rings. The zero-order valence-corrected chi connectivity index (χ0v) is 15.7. The first-order valence-corrected chi connectivity index (χ1v) is 9.48. The van der Waals surface area contributed by atoms with Crippen LogP contribution in [0.5, 0.6) is 0 Å². The lowest BCUT2D eigenvalue weighted by molar-refractivity contribution is -0.121. The molecule has 0 aliphatic heterocycles. The van der Waals surface area contributed by atoms with Crippen LogP contribution in [-0.2, 0) is 17.9 Å². The van der Waals surface area contributed by atoms with E-state index in [1.54, 1.807) is 0 Å². The molecule has 0 unspecified atom stereocenters. The number of nitrogens with zero attached hydrogens (tertiary/aromatic N) is 4. The van der Waals surface area contributed by atoms with Crippen LogP contribution in [0.25, 0.3) is 27.8 Å². The molecule has 0 fully saturated rings.